The Hall–Kier alpha value is -2.66. The van der Waals surface area contributed by atoms with Gasteiger partial charge in [0.05, 0.1) is 21.7 Å². The lowest BCUT2D eigenvalue weighted by molar-refractivity contribution is 0.102. The Morgan fingerprint density at radius 2 is 2.00 bits per heavy atom. The minimum absolute atomic E-state index is 0.146. The van der Waals surface area contributed by atoms with Crippen LogP contribution in [0.15, 0.2) is 47.3 Å². The fourth-order valence-corrected chi connectivity index (χ4v) is 2.84. The van der Waals surface area contributed by atoms with Crippen LogP contribution in [0.2, 0.25) is 5.02 Å². The maximum absolute atomic E-state index is 12.6. The van der Waals surface area contributed by atoms with Crippen LogP contribution in [-0.4, -0.2) is 15.5 Å². The van der Waals surface area contributed by atoms with Gasteiger partial charge >= 0.3 is 0 Å². The lowest BCUT2D eigenvalue weighted by Crippen LogP contribution is -2.31. The van der Waals surface area contributed by atoms with Crippen LogP contribution in [0, 0.1) is 6.92 Å². The van der Waals surface area contributed by atoms with Crippen molar-refractivity contribution >= 4 is 34.2 Å². The molecule has 0 radical (unpaired) electrons. The highest BCUT2D eigenvalue weighted by atomic mass is 35.5. The van der Waals surface area contributed by atoms with Gasteiger partial charge in [-0.25, -0.2) is 4.98 Å². The molecule has 3 aromatic rings. The number of para-hydroxylation sites is 2. The summed E-state index contributed by atoms with van der Waals surface area (Å²) in [5.74, 6) is -0.571. The summed E-state index contributed by atoms with van der Waals surface area (Å²) in [7, 11) is 0. The van der Waals surface area contributed by atoms with Gasteiger partial charge in [0.15, 0.2) is 5.69 Å². The summed E-state index contributed by atoms with van der Waals surface area (Å²) in [6, 6.07) is 12.5. The number of benzene rings is 2. The first-order valence-electron chi connectivity index (χ1n) is 7.58. The van der Waals surface area contributed by atoms with E-state index in [1.807, 2.05) is 38.1 Å². The first kappa shape index (κ1) is 16.2. The molecule has 0 saturated carbocycles. The number of amides is 1. The van der Waals surface area contributed by atoms with Gasteiger partial charge in [-0.05, 0) is 43.7 Å². The summed E-state index contributed by atoms with van der Waals surface area (Å²) in [6.45, 7) is 4.21. The van der Waals surface area contributed by atoms with Crippen molar-refractivity contribution < 1.29 is 4.79 Å². The van der Waals surface area contributed by atoms with Gasteiger partial charge in [-0.15, -0.1) is 0 Å². The van der Waals surface area contributed by atoms with Crippen molar-refractivity contribution in [2.75, 3.05) is 5.32 Å². The number of hydrogen-bond donors (Lipinski definition) is 1. The number of aryl methyl sites for hydroxylation is 2. The Morgan fingerprint density at radius 3 is 2.71 bits per heavy atom. The number of carbonyl (C=O) groups excluding carboxylic acids is 1. The lowest BCUT2D eigenvalue weighted by Gasteiger charge is -2.11. The van der Waals surface area contributed by atoms with E-state index in [9.17, 15) is 9.59 Å². The van der Waals surface area contributed by atoms with E-state index in [1.165, 1.54) is 4.57 Å². The molecule has 1 aromatic heterocycles. The predicted octanol–water partition coefficient (Wildman–Crippen LogP) is 3.63. The van der Waals surface area contributed by atoms with Crippen LogP contribution in [0.3, 0.4) is 0 Å². The fraction of sp³-hybridized carbons (Fsp3) is 0.167. The normalized spacial score (nSPS) is 10.8. The highest BCUT2D eigenvalue weighted by molar-refractivity contribution is 6.34. The van der Waals surface area contributed by atoms with Crippen molar-refractivity contribution in [1.82, 2.24) is 9.55 Å². The van der Waals surface area contributed by atoms with Crippen LogP contribution in [-0.2, 0) is 6.54 Å². The molecule has 1 heterocycles. The predicted molar refractivity (Wildman–Crippen MR) is 95.8 cm³/mol. The summed E-state index contributed by atoms with van der Waals surface area (Å²) in [4.78, 5) is 29.4. The monoisotopic (exact) mass is 341 g/mol. The number of nitrogens with zero attached hydrogens (tertiary/aromatic N) is 2. The summed E-state index contributed by atoms with van der Waals surface area (Å²) >= 11 is 6.14. The zero-order valence-electron chi connectivity index (χ0n) is 13.3. The molecule has 3 rings (SSSR count). The number of hydrogen-bond acceptors (Lipinski definition) is 3. The molecular formula is C18H16ClN3O2. The number of anilines is 1. The molecule has 0 unspecified atom stereocenters. The number of nitrogens with one attached hydrogen (secondary N) is 1. The zero-order chi connectivity index (χ0) is 17.3. The van der Waals surface area contributed by atoms with Gasteiger partial charge in [0, 0.05) is 6.54 Å². The van der Waals surface area contributed by atoms with E-state index in [1.54, 1.807) is 18.2 Å². The largest absolute Gasteiger partial charge is 0.319 e. The van der Waals surface area contributed by atoms with E-state index in [0.29, 0.717) is 28.3 Å². The Labute approximate surface area is 143 Å². The second-order valence-corrected chi connectivity index (χ2v) is 5.84. The van der Waals surface area contributed by atoms with E-state index >= 15 is 0 Å². The molecule has 0 aliphatic carbocycles. The minimum atomic E-state index is -0.571. The topological polar surface area (TPSA) is 64.0 Å². The summed E-state index contributed by atoms with van der Waals surface area (Å²) in [6.07, 6.45) is 0. The second-order valence-electron chi connectivity index (χ2n) is 5.44. The van der Waals surface area contributed by atoms with Crippen LogP contribution in [0.5, 0.6) is 0 Å². The van der Waals surface area contributed by atoms with Crippen LogP contribution < -0.4 is 10.9 Å². The molecule has 0 spiro atoms. The van der Waals surface area contributed by atoms with Crippen LogP contribution >= 0.6 is 11.6 Å². The van der Waals surface area contributed by atoms with Gasteiger partial charge in [-0.1, -0.05) is 29.8 Å². The second kappa shape index (κ2) is 6.45. The minimum Gasteiger partial charge on any atom is -0.319 e. The standard InChI is InChI=1S/C18H16ClN3O2/c1-3-22-15-7-5-4-6-14(15)20-16(18(22)24)17(23)21-13-9-8-11(2)10-12(13)19/h4-10H,3H2,1-2H3,(H,21,23). The molecule has 5 nitrogen and oxygen atoms in total. The molecule has 6 heteroatoms. The highest BCUT2D eigenvalue weighted by Crippen LogP contribution is 2.23. The molecular weight excluding hydrogens is 326 g/mol. The third-order valence-electron chi connectivity index (χ3n) is 3.76. The number of carbonyl (C=O) groups is 1. The van der Waals surface area contributed by atoms with Crippen LogP contribution in [0.4, 0.5) is 5.69 Å². The SMILES string of the molecule is CCn1c(=O)c(C(=O)Nc2ccc(C)cc2Cl)nc2ccccc21. The summed E-state index contributed by atoms with van der Waals surface area (Å²) in [5, 5.41) is 3.08. The molecule has 0 bridgehead atoms. The first-order valence-corrected chi connectivity index (χ1v) is 7.96. The Kier molecular flexibility index (Phi) is 4.36. The summed E-state index contributed by atoms with van der Waals surface area (Å²) in [5.41, 5.74) is 2.16. The van der Waals surface area contributed by atoms with Gasteiger partial charge in [-0.2, -0.15) is 0 Å². The molecule has 0 aliphatic heterocycles. The smallest absolute Gasteiger partial charge is 0.282 e. The van der Waals surface area contributed by atoms with E-state index in [-0.39, 0.29) is 5.69 Å². The third kappa shape index (κ3) is 2.90. The van der Waals surface area contributed by atoms with Gasteiger partial charge in [0.25, 0.3) is 11.5 Å². The van der Waals surface area contributed by atoms with Crippen LogP contribution in [0.25, 0.3) is 11.0 Å². The van der Waals surface area contributed by atoms with E-state index < -0.39 is 11.5 Å². The number of halogens is 1. The van der Waals surface area contributed by atoms with Crippen molar-refractivity contribution in [3.05, 3.63) is 69.1 Å². The number of aromatic nitrogens is 2. The molecule has 0 atom stereocenters. The third-order valence-corrected chi connectivity index (χ3v) is 4.07. The van der Waals surface area contributed by atoms with Crippen molar-refractivity contribution in [2.45, 2.75) is 20.4 Å². The zero-order valence-corrected chi connectivity index (χ0v) is 14.1. The Balaban J connectivity index is 2.07. The molecule has 2 aromatic carbocycles. The Bertz CT molecular complexity index is 995. The van der Waals surface area contributed by atoms with Crippen molar-refractivity contribution in [1.29, 1.82) is 0 Å². The highest BCUT2D eigenvalue weighted by Gasteiger charge is 2.18. The van der Waals surface area contributed by atoms with Crippen molar-refractivity contribution in [3.63, 3.8) is 0 Å². The summed E-state index contributed by atoms with van der Waals surface area (Å²) < 4.78 is 1.54. The molecule has 122 valence electrons. The maximum Gasteiger partial charge on any atom is 0.282 e. The van der Waals surface area contributed by atoms with Crippen molar-refractivity contribution in [3.8, 4) is 0 Å². The average molecular weight is 342 g/mol. The molecule has 0 aliphatic rings. The molecule has 0 fully saturated rings. The number of rotatable bonds is 3. The molecule has 0 saturated heterocycles. The quantitative estimate of drug-likeness (QED) is 0.791. The molecule has 1 N–H and O–H groups in total. The van der Waals surface area contributed by atoms with Gasteiger partial charge in [0.2, 0.25) is 0 Å². The van der Waals surface area contributed by atoms with Gasteiger partial charge in [0.1, 0.15) is 0 Å². The maximum atomic E-state index is 12.6. The average Bonchev–Trinajstić information content (AvgIpc) is 2.57. The van der Waals surface area contributed by atoms with E-state index in [2.05, 4.69) is 10.3 Å². The van der Waals surface area contributed by atoms with E-state index in [4.69, 9.17) is 11.6 Å². The first-order chi connectivity index (χ1) is 11.5. The van der Waals surface area contributed by atoms with Crippen LogP contribution in [0.1, 0.15) is 23.0 Å². The Morgan fingerprint density at radius 1 is 1.25 bits per heavy atom. The van der Waals surface area contributed by atoms with Gasteiger partial charge in [-0.3, -0.25) is 9.59 Å². The fourth-order valence-electron chi connectivity index (χ4n) is 2.56. The molecule has 24 heavy (non-hydrogen) atoms. The van der Waals surface area contributed by atoms with Crippen molar-refractivity contribution in [2.24, 2.45) is 0 Å². The molecule has 1 amide bonds. The number of fused-ring (bicyclic) bond motifs is 1. The lowest BCUT2D eigenvalue weighted by atomic mass is 10.2. The van der Waals surface area contributed by atoms with E-state index in [0.717, 1.165) is 5.56 Å². The van der Waals surface area contributed by atoms with Gasteiger partial charge < -0.3 is 9.88 Å².